The lowest BCUT2D eigenvalue weighted by Crippen LogP contribution is -2.01. The molecular weight excluding hydrogens is 352 g/mol. The zero-order valence-electron chi connectivity index (χ0n) is 13.8. The summed E-state index contributed by atoms with van der Waals surface area (Å²) in [6.07, 6.45) is 2.15. The summed E-state index contributed by atoms with van der Waals surface area (Å²) in [5.41, 5.74) is 1.78. The van der Waals surface area contributed by atoms with E-state index >= 15 is 0 Å². The van der Waals surface area contributed by atoms with E-state index in [4.69, 9.17) is 0 Å². The van der Waals surface area contributed by atoms with Crippen LogP contribution in [0.2, 0.25) is 0 Å². The quantitative estimate of drug-likeness (QED) is 0.487. The van der Waals surface area contributed by atoms with E-state index in [1.165, 1.54) is 9.79 Å². The van der Waals surface area contributed by atoms with Crippen molar-refractivity contribution in [3.63, 3.8) is 0 Å². The summed E-state index contributed by atoms with van der Waals surface area (Å²) in [7, 11) is -3.66. The summed E-state index contributed by atoms with van der Waals surface area (Å²) in [4.78, 5) is 2.38. The first-order valence-corrected chi connectivity index (χ1v) is 9.78. The predicted molar refractivity (Wildman–Crippen MR) is 92.2 cm³/mol. The van der Waals surface area contributed by atoms with Crippen molar-refractivity contribution in [2.75, 3.05) is 13.4 Å². The second-order valence-electron chi connectivity index (χ2n) is 4.98. The van der Waals surface area contributed by atoms with Gasteiger partial charge in [-0.15, -0.1) is 0 Å². The number of aryl methyl sites for hydroxylation is 2. The van der Waals surface area contributed by atoms with Crippen molar-refractivity contribution >= 4 is 21.3 Å². The van der Waals surface area contributed by atoms with Crippen LogP contribution >= 0.6 is 0 Å². The highest BCUT2D eigenvalue weighted by atomic mass is 32.3. The monoisotopic (exact) mass is 372 g/mol. The van der Waals surface area contributed by atoms with E-state index in [2.05, 4.69) is 10.4 Å². The first-order valence-electron chi connectivity index (χ1n) is 6.81. The van der Waals surface area contributed by atoms with Crippen LogP contribution in [0.5, 0.6) is 11.5 Å². The topological polar surface area (TPSA) is 107 Å². The van der Waals surface area contributed by atoms with Crippen molar-refractivity contribution in [1.29, 1.82) is 0 Å². The van der Waals surface area contributed by atoms with E-state index in [0.717, 1.165) is 18.2 Å². The summed E-state index contributed by atoms with van der Waals surface area (Å²) < 4.78 is 31.0. The van der Waals surface area contributed by atoms with E-state index in [-0.39, 0.29) is 10.9 Å². The molecule has 2 aromatic rings. The van der Waals surface area contributed by atoms with Crippen LogP contribution in [0.4, 0.5) is 0 Å². The fourth-order valence-electron chi connectivity index (χ4n) is 1.77. The molecule has 0 aliphatic heterocycles. The third-order valence-corrected chi connectivity index (χ3v) is 5.58. The molecule has 0 bridgehead atoms. The summed E-state index contributed by atoms with van der Waals surface area (Å²) in [5, 5.41) is 19.1. The number of phenols is 2. The minimum atomic E-state index is -4.41. The molecule has 0 atom stereocenters. The molecule has 0 amide bonds. The van der Waals surface area contributed by atoms with Gasteiger partial charge in [0.2, 0.25) is 10.4 Å². The van der Waals surface area contributed by atoms with Crippen LogP contribution < -0.4 is 0 Å². The molecule has 132 valence electrons. The van der Waals surface area contributed by atoms with E-state index in [1.807, 2.05) is 38.1 Å². The van der Waals surface area contributed by atoms with Gasteiger partial charge in [0, 0.05) is 12.1 Å². The van der Waals surface area contributed by atoms with Crippen LogP contribution in [0.3, 0.4) is 0 Å². The summed E-state index contributed by atoms with van der Waals surface area (Å²) in [5.74, 6) is 0.662. The van der Waals surface area contributed by atoms with Gasteiger partial charge in [0.25, 0.3) is 0 Å². The molecule has 2 rings (SSSR count). The molecule has 6 nitrogen and oxygen atoms in total. The van der Waals surface area contributed by atoms with E-state index in [1.54, 1.807) is 12.1 Å². The molecule has 24 heavy (non-hydrogen) atoms. The highest BCUT2D eigenvalue weighted by molar-refractivity contribution is 7.96. The molecule has 0 aliphatic rings. The van der Waals surface area contributed by atoms with Gasteiger partial charge in [0.15, 0.2) is 9.79 Å². The lowest BCUT2D eigenvalue weighted by atomic mass is 10.2. The Morgan fingerprint density at radius 1 is 0.958 bits per heavy atom. The number of benzene rings is 2. The van der Waals surface area contributed by atoms with Gasteiger partial charge < -0.3 is 14.8 Å². The van der Waals surface area contributed by atoms with Crippen LogP contribution in [0, 0.1) is 13.8 Å². The van der Waals surface area contributed by atoms with E-state index in [9.17, 15) is 23.2 Å². The molecule has 0 saturated carbocycles. The summed E-state index contributed by atoms with van der Waals surface area (Å²) in [6, 6.07) is 11.4. The Bertz CT molecular complexity index is 751. The maximum absolute atomic E-state index is 9.55. The van der Waals surface area contributed by atoms with Gasteiger partial charge in [-0.05, 0) is 49.2 Å². The number of hydrogen-bond donors (Lipinski definition) is 2. The molecule has 0 aromatic heterocycles. The Morgan fingerprint density at radius 2 is 1.29 bits per heavy atom. The fraction of sp³-hybridized carbons (Fsp3) is 0.250. The van der Waals surface area contributed by atoms with Gasteiger partial charge in [0.05, 0.1) is 18.0 Å². The first kappa shape index (κ1) is 20.3. The molecule has 0 radical (unpaired) electrons. The first-order chi connectivity index (χ1) is 11.0. The second kappa shape index (κ2) is 8.39. The van der Waals surface area contributed by atoms with Gasteiger partial charge in [-0.3, -0.25) is 4.18 Å². The maximum atomic E-state index is 9.55. The number of aromatic hydroxyl groups is 2. The average Bonchev–Trinajstić information content (AvgIpc) is 2.52. The Hall–Kier alpha value is -1.74. The van der Waals surface area contributed by atoms with Crippen molar-refractivity contribution in [3.8, 4) is 11.5 Å². The molecule has 0 aliphatic carbocycles. The van der Waals surface area contributed by atoms with Crippen molar-refractivity contribution in [3.05, 3.63) is 47.5 Å². The van der Waals surface area contributed by atoms with Crippen molar-refractivity contribution in [1.82, 2.24) is 0 Å². The number of rotatable bonds is 3. The zero-order valence-corrected chi connectivity index (χ0v) is 15.4. The maximum Gasteiger partial charge on any atom is 0.217 e. The smallest absolute Gasteiger partial charge is 0.217 e. The molecule has 2 N–H and O–H groups in total. The van der Waals surface area contributed by atoms with Crippen LogP contribution in [0.15, 0.2) is 46.2 Å². The number of phenolic OH excluding ortho intramolecular Hbond substituents is 2. The Kier molecular flexibility index (Phi) is 7.09. The number of hydrogen-bond acceptors (Lipinski definition) is 6. The Labute approximate surface area is 145 Å². The average molecular weight is 372 g/mol. The molecular formula is C16H20O6S2. The van der Waals surface area contributed by atoms with Crippen LogP contribution in [0.25, 0.3) is 0 Å². The highest BCUT2D eigenvalue weighted by Gasteiger charge is 2.20. The minimum Gasteiger partial charge on any atom is -0.726 e. The molecule has 0 unspecified atom stereocenters. The standard InChI is InChI=1S/C15H16O2S.CH4O4S/c1-10-8-12(4-6-14(10)16)18(3)13-5-7-15(17)11(2)9-13;1-5-6(2,3)4/h4-9H,1-3H3,(H-,16,17);1H3,(H,2,3,4). The molecule has 0 spiro atoms. The molecule has 0 fully saturated rings. The second-order valence-corrected chi connectivity index (χ2v) is 8.10. The van der Waals surface area contributed by atoms with Crippen molar-refractivity contribution in [2.45, 2.75) is 23.6 Å². The van der Waals surface area contributed by atoms with E-state index < -0.39 is 10.4 Å². The molecule has 0 saturated heterocycles. The van der Waals surface area contributed by atoms with Gasteiger partial charge in [-0.1, -0.05) is 0 Å². The van der Waals surface area contributed by atoms with Crippen LogP contribution in [0.1, 0.15) is 11.1 Å². The summed E-state index contributed by atoms with van der Waals surface area (Å²) in [6.45, 7) is 3.80. The zero-order chi connectivity index (χ0) is 18.5. The Balaban J connectivity index is 0.000000413. The van der Waals surface area contributed by atoms with Gasteiger partial charge in [0.1, 0.15) is 17.8 Å². The third-order valence-electron chi connectivity index (χ3n) is 3.25. The van der Waals surface area contributed by atoms with Gasteiger partial charge in [-0.25, -0.2) is 8.42 Å². The fourth-order valence-corrected chi connectivity index (χ4v) is 3.30. The van der Waals surface area contributed by atoms with Crippen molar-refractivity contribution in [2.24, 2.45) is 0 Å². The van der Waals surface area contributed by atoms with Gasteiger partial charge >= 0.3 is 0 Å². The Morgan fingerprint density at radius 3 is 1.54 bits per heavy atom. The lowest BCUT2D eigenvalue weighted by molar-refractivity contribution is 0.314. The van der Waals surface area contributed by atoms with Crippen LogP contribution in [-0.2, 0) is 25.5 Å². The third kappa shape index (κ3) is 6.04. The summed E-state index contributed by atoms with van der Waals surface area (Å²) >= 11 is 0. The van der Waals surface area contributed by atoms with Crippen molar-refractivity contribution < 1.29 is 27.4 Å². The molecule has 2 aromatic carbocycles. The van der Waals surface area contributed by atoms with Gasteiger partial charge in [-0.2, -0.15) is 0 Å². The lowest BCUT2D eigenvalue weighted by Gasteiger charge is -2.06. The highest BCUT2D eigenvalue weighted by Crippen LogP contribution is 2.28. The van der Waals surface area contributed by atoms with E-state index in [0.29, 0.717) is 11.5 Å². The molecule has 8 heteroatoms. The largest absolute Gasteiger partial charge is 0.726 e. The normalized spacial score (nSPS) is 11.1. The minimum absolute atomic E-state index is 0.0561. The predicted octanol–water partition coefficient (Wildman–Crippen LogP) is 2.47. The van der Waals surface area contributed by atoms with Crippen LogP contribution in [-0.4, -0.2) is 36.5 Å². The molecule has 0 heterocycles. The SMILES string of the molecule is COS(=O)(=O)[O-].Cc1cc([S+](C)c2ccc(O)c(C)c2)ccc1O.